The van der Waals surface area contributed by atoms with Gasteiger partial charge < -0.3 is 18.8 Å². The molecule has 5 nitrogen and oxygen atoms in total. The summed E-state index contributed by atoms with van der Waals surface area (Å²) in [5, 5.41) is 0. The predicted octanol–water partition coefficient (Wildman–Crippen LogP) is 5.00. The largest absolute Gasteiger partial charge is 0.494 e. The van der Waals surface area contributed by atoms with Crippen molar-refractivity contribution in [2.75, 3.05) is 13.2 Å². The Morgan fingerprint density at radius 3 is 2.71 bits per heavy atom. The van der Waals surface area contributed by atoms with Crippen molar-refractivity contribution in [3.63, 3.8) is 0 Å². The van der Waals surface area contributed by atoms with Gasteiger partial charge >= 0.3 is 0 Å². The molecule has 0 spiro atoms. The zero-order valence-corrected chi connectivity index (χ0v) is 17.3. The summed E-state index contributed by atoms with van der Waals surface area (Å²) in [6.07, 6.45) is 13.2. The first-order valence-electron chi connectivity index (χ1n) is 10.7. The third-order valence-electron chi connectivity index (χ3n) is 5.26. The van der Waals surface area contributed by atoms with E-state index in [1.165, 1.54) is 18.4 Å². The van der Waals surface area contributed by atoms with Crippen LogP contribution in [0, 0.1) is 0 Å². The van der Waals surface area contributed by atoms with Gasteiger partial charge in [0.05, 0.1) is 32.2 Å². The average Bonchev–Trinajstić information content (AvgIpc) is 3.37. The van der Waals surface area contributed by atoms with Crippen LogP contribution in [-0.2, 0) is 22.4 Å². The van der Waals surface area contributed by atoms with Gasteiger partial charge in [-0.3, -0.25) is 0 Å². The number of hydrogen-bond donors (Lipinski definition) is 0. The maximum Gasteiger partial charge on any atom is 0.187 e. The molecule has 2 aromatic rings. The second kappa shape index (κ2) is 10.6. The smallest absolute Gasteiger partial charge is 0.187 e. The van der Waals surface area contributed by atoms with Crippen molar-refractivity contribution >= 4 is 0 Å². The Hall–Kier alpha value is -1.85. The van der Waals surface area contributed by atoms with Gasteiger partial charge in [0.15, 0.2) is 5.79 Å². The molecule has 1 aromatic heterocycles. The van der Waals surface area contributed by atoms with Gasteiger partial charge in [0.2, 0.25) is 0 Å². The molecule has 28 heavy (non-hydrogen) atoms. The predicted molar refractivity (Wildman–Crippen MR) is 110 cm³/mol. The quantitative estimate of drug-likeness (QED) is 0.482. The highest BCUT2D eigenvalue weighted by Crippen LogP contribution is 2.32. The van der Waals surface area contributed by atoms with Crippen molar-refractivity contribution in [1.29, 1.82) is 0 Å². The van der Waals surface area contributed by atoms with Gasteiger partial charge in [-0.15, -0.1) is 0 Å². The van der Waals surface area contributed by atoms with E-state index in [1.807, 2.05) is 17.1 Å². The Bertz CT molecular complexity index is 672. The summed E-state index contributed by atoms with van der Waals surface area (Å²) in [7, 11) is 0. The second-order valence-electron chi connectivity index (χ2n) is 7.68. The summed E-state index contributed by atoms with van der Waals surface area (Å²) < 4.78 is 20.5. The van der Waals surface area contributed by atoms with Gasteiger partial charge in [-0.1, -0.05) is 45.2 Å². The summed E-state index contributed by atoms with van der Waals surface area (Å²) in [4.78, 5) is 4.16. The molecule has 1 fully saturated rings. The Morgan fingerprint density at radius 2 is 2.00 bits per heavy atom. The Labute approximate surface area is 169 Å². The molecule has 0 saturated carbocycles. The number of aryl methyl sites for hydroxylation is 1. The van der Waals surface area contributed by atoms with Crippen LogP contribution < -0.4 is 4.74 Å². The molecule has 2 heterocycles. The van der Waals surface area contributed by atoms with Gasteiger partial charge in [-0.25, -0.2) is 4.98 Å². The van der Waals surface area contributed by atoms with E-state index >= 15 is 0 Å². The number of benzene rings is 1. The molecule has 0 radical (unpaired) electrons. The summed E-state index contributed by atoms with van der Waals surface area (Å²) >= 11 is 0. The molecular formula is C23H34N2O3. The van der Waals surface area contributed by atoms with E-state index < -0.39 is 5.79 Å². The van der Waals surface area contributed by atoms with E-state index in [-0.39, 0.29) is 6.10 Å². The zero-order chi connectivity index (χ0) is 19.7. The van der Waals surface area contributed by atoms with Crippen LogP contribution in [0.3, 0.4) is 0 Å². The third-order valence-corrected chi connectivity index (χ3v) is 5.26. The van der Waals surface area contributed by atoms with E-state index in [4.69, 9.17) is 14.2 Å². The van der Waals surface area contributed by atoms with Gasteiger partial charge in [-0.05, 0) is 37.0 Å². The highest BCUT2D eigenvalue weighted by Gasteiger charge is 2.41. The van der Waals surface area contributed by atoms with Crippen LogP contribution in [0.15, 0.2) is 43.0 Å². The number of ether oxygens (including phenoxy) is 3. The number of aromatic nitrogens is 2. The van der Waals surface area contributed by atoms with E-state index in [2.05, 4.69) is 43.1 Å². The highest BCUT2D eigenvalue weighted by atomic mass is 16.7. The Kier molecular flexibility index (Phi) is 7.92. The Morgan fingerprint density at radius 1 is 1.18 bits per heavy atom. The maximum atomic E-state index is 6.44. The first kappa shape index (κ1) is 20.9. The zero-order valence-electron chi connectivity index (χ0n) is 17.3. The molecule has 2 atom stereocenters. The fourth-order valence-corrected chi connectivity index (χ4v) is 3.56. The van der Waals surface area contributed by atoms with Crippen LogP contribution >= 0.6 is 0 Å². The fraction of sp³-hybridized carbons (Fsp3) is 0.609. The van der Waals surface area contributed by atoms with Crippen molar-refractivity contribution in [2.45, 2.75) is 77.2 Å². The number of unbranched alkanes of at least 4 members (excludes halogenated alkanes) is 2. The van der Waals surface area contributed by atoms with Crippen molar-refractivity contribution in [2.24, 2.45) is 0 Å². The normalized spacial score (nSPS) is 21.9. The summed E-state index contributed by atoms with van der Waals surface area (Å²) in [5.74, 6) is 0.369. The van der Waals surface area contributed by atoms with Crippen LogP contribution in [0.25, 0.3) is 0 Å². The lowest BCUT2D eigenvalue weighted by atomic mass is 10.0. The van der Waals surface area contributed by atoms with Crippen molar-refractivity contribution in [3.05, 3.63) is 48.5 Å². The molecule has 0 N–H and O–H groups in total. The van der Waals surface area contributed by atoms with E-state index in [0.717, 1.165) is 44.5 Å². The SMILES string of the molecule is CCCCOc1ccc(CCC2(Cn3ccnc3)OCC(CCCC)O2)cc1. The second-order valence-corrected chi connectivity index (χ2v) is 7.68. The summed E-state index contributed by atoms with van der Waals surface area (Å²) in [6.45, 7) is 6.52. The molecule has 1 aromatic carbocycles. The van der Waals surface area contributed by atoms with Crippen molar-refractivity contribution in [3.8, 4) is 5.75 Å². The molecule has 1 aliphatic heterocycles. The van der Waals surface area contributed by atoms with Crippen LogP contribution in [0.2, 0.25) is 0 Å². The molecule has 1 saturated heterocycles. The molecule has 154 valence electrons. The van der Waals surface area contributed by atoms with Gasteiger partial charge in [0.25, 0.3) is 0 Å². The van der Waals surface area contributed by atoms with Gasteiger partial charge in [0.1, 0.15) is 5.75 Å². The van der Waals surface area contributed by atoms with Crippen LogP contribution in [0.5, 0.6) is 5.75 Å². The lowest BCUT2D eigenvalue weighted by Gasteiger charge is -2.28. The van der Waals surface area contributed by atoms with Gasteiger partial charge in [-0.2, -0.15) is 0 Å². The maximum absolute atomic E-state index is 6.44. The topological polar surface area (TPSA) is 45.5 Å². The standard InChI is InChI=1S/C23H34N2O3/c1-3-5-7-22-17-27-23(28-22,18-25-15-14-24-19-25)13-12-20-8-10-21(11-9-20)26-16-6-4-2/h8-11,14-15,19,22H,3-7,12-13,16-18H2,1-2H3. The minimum atomic E-state index is -0.574. The third kappa shape index (κ3) is 6.08. The Balaban J connectivity index is 1.58. The van der Waals surface area contributed by atoms with E-state index in [9.17, 15) is 0 Å². The van der Waals surface area contributed by atoms with Crippen LogP contribution in [0.4, 0.5) is 0 Å². The number of hydrogen-bond acceptors (Lipinski definition) is 4. The van der Waals surface area contributed by atoms with E-state index in [1.54, 1.807) is 6.20 Å². The van der Waals surface area contributed by atoms with Crippen molar-refractivity contribution < 1.29 is 14.2 Å². The van der Waals surface area contributed by atoms with E-state index in [0.29, 0.717) is 13.2 Å². The average molecular weight is 387 g/mol. The molecule has 0 aliphatic carbocycles. The fourth-order valence-electron chi connectivity index (χ4n) is 3.56. The van der Waals surface area contributed by atoms with Gasteiger partial charge in [0, 0.05) is 18.8 Å². The molecule has 0 amide bonds. The number of nitrogens with zero attached hydrogens (tertiary/aromatic N) is 2. The molecule has 3 rings (SSSR count). The molecule has 0 bridgehead atoms. The molecule has 2 unspecified atom stereocenters. The summed E-state index contributed by atoms with van der Waals surface area (Å²) in [5.41, 5.74) is 1.28. The lowest BCUT2D eigenvalue weighted by Crippen LogP contribution is -2.36. The number of imidazole rings is 1. The summed E-state index contributed by atoms with van der Waals surface area (Å²) in [6, 6.07) is 8.42. The first-order chi connectivity index (χ1) is 13.7. The van der Waals surface area contributed by atoms with Crippen molar-refractivity contribution in [1.82, 2.24) is 9.55 Å². The lowest BCUT2D eigenvalue weighted by molar-refractivity contribution is -0.182. The molecule has 5 heteroatoms. The number of rotatable bonds is 12. The first-order valence-corrected chi connectivity index (χ1v) is 10.7. The minimum Gasteiger partial charge on any atom is -0.494 e. The minimum absolute atomic E-state index is 0.192. The molecule has 1 aliphatic rings. The monoisotopic (exact) mass is 386 g/mol. The molecular weight excluding hydrogens is 352 g/mol. The highest BCUT2D eigenvalue weighted by molar-refractivity contribution is 5.27. The van der Waals surface area contributed by atoms with Crippen LogP contribution in [-0.4, -0.2) is 34.7 Å². The van der Waals surface area contributed by atoms with Crippen LogP contribution in [0.1, 0.15) is 57.9 Å².